The number of ether oxygens (including phenoxy) is 1. The minimum Gasteiger partial charge on any atom is -0.494 e. The van der Waals surface area contributed by atoms with Crippen molar-refractivity contribution in [3.05, 3.63) is 57.9 Å². The maximum Gasteiger partial charge on any atom is 0.119 e. The highest BCUT2D eigenvalue weighted by molar-refractivity contribution is 6.31. The summed E-state index contributed by atoms with van der Waals surface area (Å²) in [5, 5.41) is 10.1. The van der Waals surface area contributed by atoms with Crippen molar-refractivity contribution in [3.8, 4) is 5.75 Å². The van der Waals surface area contributed by atoms with Gasteiger partial charge in [-0.3, -0.25) is 0 Å². The van der Waals surface area contributed by atoms with E-state index in [0.717, 1.165) is 46.2 Å². The van der Waals surface area contributed by atoms with Gasteiger partial charge in [-0.25, -0.2) is 4.98 Å². The van der Waals surface area contributed by atoms with E-state index in [0.29, 0.717) is 13.0 Å². The van der Waals surface area contributed by atoms with Gasteiger partial charge >= 0.3 is 0 Å². The van der Waals surface area contributed by atoms with Crippen molar-refractivity contribution in [2.75, 3.05) is 13.2 Å². The summed E-state index contributed by atoms with van der Waals surface area (Å²) in [6.07, 6.45) is 1.42. The van der Waals surface area contributed by atoms with Gasteiger partial charge in [-0.1, -0.05) is 11.6 Å². The van der Waals surface area contributed by atoms with E-state index in [1.807, 2.05) is 25.1 Å². The van der Waals surface area contributed by atoms with Crippen molar-refractivity contribution < 1.29 is 9.84 Å². The summed E-state index contributed by atoms with van der Waals surface area (Å²) in [6, 6.07) is 10.0. The Bertz CT molecular complexity index is 918. The molecular weight excluding hydrogens is 348 g/mol. The molecule has 3 rings (SSSR count). The van der Waals surface area contributed by atoms with Crippen LogP contribution in [-0.2, 0) is 13.0 Å². The number of nitrogens with zero attached hydrogens (tertiary/aromatic N) is 2. The molecule has 0 saturated carbocycles. The molecule has 0 spiro atoms. The molecule has 1 aromatic heterocycles. The molecule has 0 bridgehead atoms. The first-order valence-corrected chi connectivity index (χ1v) is 9.33. The monoisotopic (exact) mass is 372 g/mol. The fraction of sp³-hybridized carbons (Fsp3) is 0.381. The number of rotatable bonds is 7. The lowest BCUT2D eigenvalue weighted by molar-refractivity contribution is 0.289. The minimum absolute atomic E-state index is 0.0990. The highest BCUT2D eigenvalue weighted by Crippen LogP contribution is 2.23. The van der Waals surface area contributed by atoms with Crippen molar-refractivity contribution in [3.63, 3.8) is 0 Å². The van der Waals surface area contributed by atoms with Crippen molar-refractivity contribution in [2.24, 2.45) is 0 Å². The van der Waals surface area contributed by atoms with Crippen LogP contribution in [0.5, 0.6) is 5.75 Å². The normalized spacial score (nSPS) is 11.3. The molecular formula is C21H25ClN2O2. The van der Waals surface area contributed by atoms with Gasteiger partial charge in [0.2, 0.25) is 0 Å². The van der Waals surface area contributed by atoms with E-state index < -0.39 is 0 Å². The molecule has 138 valence electrons. The number of halogens is 1. The number of aliphatic hydroxyl groups is 1. The second-order valence-electron chi connectivity index (χ2n) is 6.69. The molecule has 3 aromatic rings. The topological polar surface area (TPSA) is 47.3 Å². The summed E-state index contributed by atoms with van der Waals surface area (Å²) in [4.78, 5) is 4.71. The number of aromatic nitrogens is 2. The quantitative estimate of drug-likeness (QED) is 0.615. The van der Waals surface area contributed by atoms with Crippen LogP contribution in [0.4, 0.5) is 0 Å². The van der Waals surface area contributed by atoms with E-state index in [1.54, 1.807) is 0 Å². The van der Waals surface area contributed by atoms with Gasteiger partial charge in [0.05, 0.1) is 24.2 Å². The molecule has 0 amide bonds. The molecule has 4 nitrogen and oxygen atoms in total. The van der Waals surface area contributed by atoms with Crippen LogP contribution >= 0.6 is 11.6 Å². The Kier molecular flexibility index (Phi) is 5.84. The fourth-order valence-corrected chi connectivity index (χ4v) is 3.21. The van der Waals surface area contributed by atoms with E-state index in [1.165, 1.54) is 11.1 Å². The predicted molar refractivity (Wildman–Crippen MR) is 106 cm³/mol. The van der Waals surface area contributed by atoms with Crippen LogP contribution in [-0.4, -0.2) is 27.9 Å². The number of hydrogen-bond donors (Lipinski definition) is 1. The Morgan fingerprint density at radius 1 is 1.08 bits per heavy atom. The van der Waals surface area contributed by atoms with Crippen LogP contribution in [0.2, 0.25) is 5.02 Å². The molecule has 0 fully saturated rings. The molecule has 5 heteroatoms. The number of aliphatic hydroxyl groups excluding tert-OH is 1. The smallest absolute Gasteiger partial charge is 0.119 e. The largest absolute Gasteiger partial charge is 0.494 e. The SMILES string of the molecule is Cc1cc2nc(CCO)n(CCCOc3ccc(Cl)c(C)c3)c2cc1C. The zero-order chi connectivity index (χ0) is 18.7. The van der Waals surface area contributed by atoms with E-state index in [2.05, 4.69) is 30.5 Å². The van der Waals surface area contributed by atoms with Crippen LogP contribution in [0.1, 0.15) is 28.9 Å². The van der Waals surface area contributed by atoms with Gasteiger partial charge < -0.3 is 14.4 Å². The molecule has 0 unspecified atom stereocenters. The molecule has 26 heavy (non-hydrogen) atoms. The zero-order valence-electron chi connectivity index (χ0n) is 15.6. The van der Waals surface area contributed by atoms with Crippen LogP contribution in [0.3, 0.4) is 0 Å². The highest BCUT2D eigenvalue weighted by Gasteiger charge is 2.11. The number of imidazole rings is 1. The first-order valence-electron chi connectivity index (χ1n) is 8.95. The van der Waals surface area contributed by atoms with Gasteiger partial charge in [-0.05, 0) is 74.2 Å². The van der Waals surface area contributed by atoms with E-state index in [-0.39, 0.29) is 6.61 Å². The van der Waals surface area contributed by atoms with Crippen molar-refractivity contribution in [1.29, 1.82) is 0 Å². The Morgan fingerprint density at radius 2 is 1.85 bits per heavy atom. The molecule has 0 aliphatic carbocycles. The highest BCUT2D eigenvalue weighted by atomic mass is 35.5. The predicted octanol–water partition coefficient (Wildman–Crippen LogP) is 4.62. The third-order valence-corrected chi connectivity index (χ3v) is 5.13. The fourth-order valence-electron chi connectivity index (χ4n) is 3.09. The van der Waals surface area contributed by atoms with E-state index in [9.17, 15) is 5.11 Å². The minimum atomic E-state index is 0.0990. The molecule has 0 atom stereocenters. The Morgan fingerprint density at radius 3 is 2.58 bits per heavy atom. The number of benzene rings is 2. The molecule has 0 radical (unpaired) electrons. The standard InChI is InChI=1S/C21H25ClN2O2/c1-14-12-19-20(13-15(14)2)24(21(23-19)7-9-25)8-4-10-26-17-5-6-18(22)16(3)11-17/h5-6,11-13,25H,4,7-10H2,1-3H3. The number of fused-ring (bicyclic) bond motifs is 1. The Balaban J connectivity index is 1.72. The second-order valence-corrected chi connectivity index (χ2v) is 7.10. The zero-order valence-corrected chi connectivity index (χ0v) is 16.3. The van der Waals surface area contributed by atoms with Crippen molar-refractivity contribution in [2.45, 2.75) is 40.2 Å². The van der Waals surface area contributed by atoms with Gasteiger partial charge in [-0.15, -0.1) is 0 Å². The van der Waals surface area contributed by atoms with Crippen LogP contribution in [0, 0.1) is 20.8 Å². The van der Waals surface area contributed by atoms with Gasteiger partial charge in [-0.2, -0.15) is 0 Å². The summed E-state index contributed by atoms with van der Waals surface area (Å²) in [5.41, 5.74) is 5.62. The lowest BCUT2D eigenvalue weighted by atomic mass is 10.1. The first kappa shape index (κ1) is 18.7. The second kappa shape index (κ2) is 8.11. The summed E-state index contributed by atoms with van der Waals surface area (Å²) in [7, 11) is 0. The first-order chi connectivity index (χ1) is 12.5. The number of hydrogen-bond acceptors (Lipinski definition) is 3. The summed E-state index contributed by atoms with van der Waals surface area (Å²) < 4.78 is 8.06. The average molecular weight is 373 g/mol. The third kappa shape index (κ3) is 4.02. The Labute approximate surface area is 159 Å². The molecule has 0 aliphatic rings. The van der Waals surface area contributed by atoms with Crippen molar-refractivity contribution >= 4 is 22.6 Å². The van der Waals surface area contributed by atoms with Gasteiger partial charge in [0.25, 0.3) is 0 Å². The molecule has 0 aliphatic heterocycles. The lowest BCUT2D eigenvalue weighted by Crippen LogP contribution is -2.09. The number of aryl methyl sites for hydroxylation is 4. The van der Waals surface area contributed by atoms with Crippen LogP contribution < -0.4 is 4.74 Å². The lowest BCUT2D eigenvalue weighted by Gasteiger charge is -2.11. The maximum absolute atomic E-state index is 9.36. The van der Waals surface area contributed by atoms with Gasteiger partial charge in [0.1, 0.15) is 11.6 Å². The van der Waals surface area contributed by atoms with E-state index >= 15 is 0 Å². The van der Waals surface area contributed by atoms with Gasteiger partial charge in [0.15, 0.2) is 0 Å². The van der Waals surface area contributed by atoms with E-state index in [4.69, 9.17) is 21.3 Å². The average Bonchev–Trinajstić information content (AvgIpc) is 2.92. The molecule has 1 N–H and O–H groups in total. The molecule has 2 aromatic carbocycles. The van der Waals surface area contributed by atoms with Crippen molar-refractivity contribution in [1.82, 2.24) is 9.55 Å². The van der Waals surface area contributed by atoms with Gasteiger partial charge in [0, 0.05) is 18.0 Å². The molecule has 0 saturated heterocycles. The summed E-state index contributed by atoms with van der Waals surface area (Å²) in [5.74, 6) is 1.76. The van der Waals surface area contributed by atoms with Crippen LogP contribution in [0.25, 0.3) is 11.0 Å². The molecule has 1 heterocycles. The maximum atomic E-state index is 9.36. The van der Waals surface area contributed by atoms with Crippen LogP contribution in [0.15, 0.2) is 30.3 Å². The summed E-state index contributed by atoms with van der Waals surface area (Å²) >= 11 is 6.05. The Hall–Kier alpha value is -2.04. The summed E-state index contributed by atoms with van der Waals surface area (Å²) in [6.45, 7) is 7.70. The third-order valence-electron chi connectivity index (χ3n) is 4.70.